The molecule has 1 N–H and O–H groups in total. The molecule has 8 heteroatoms. The molecule has 0 fully saturated rings. The summed E-state index contributed by atoms with van der Waals surface area (Å²) in [6.07, 6.45) is 1.04. The summed E-state index contributed by atoms with van der Waals surface area (Å²) in [5.74, 6) is -0.0516. The van der Waals surface area contributed by atoms with Gasteiger partial charge in [-0.05, 0) is 70.8 Å². The highest BCUT2D eigenvalue weighted by molar-refractivity contribution is 9.10. The third kappa shape index (κ3) is 7.28. The number of nitrogens with zero attached hydrogens (tertiary/aromatic N) is 3. The molecular formula is C31H33BrClN3O3. The van der Waals surface area contributed by atoms with Gasteiger partial charge in [0.2, 0.25) is 5.88 Å². The van der Waals surface area contributed by atoms with Gasteiger partial charge >= 0.3 is 5.91 Å². The molecule has 0 aliphatic rings. The molecule has 0 saturated heterocycles. The Balaban J connectivity index is 1.48. The number of benzene rings is 3. The van der Waals surface area contributed by atoms with Crippen molar-refractivity contribution in [1.29, 1.82) is 0 Å². The molecule has 0 spiro atoms. The van der Waals surface area contributed by atoms with Crippen molar-refractivity contribution in [2.45, 2.75) is 53.0 Å². The van der Waals surface area contributed by atoms with Gasteiger partial charge < -0.3 is 14.4 Å². The van der Waals surface area contributed by atoms with Crippen LogP contribution < -0.4 is 4.74 Å². The van der Waals surface area contributed by atoms with Crippen LogP contribution in [0.1, 0.15) is 52.2 Å². The molecule has 0 aliphatic heterocycles. The molecular weight excluding hydrogens is 578 g/mol. The number of ether oxygens (including phenoxy) is 1. The smallest absolute Gasteiger partial charge is 0.302 e. The zero-order chi connectivity index (χ0) is 28.4. The van der Waals surface area contributed by atoms with E-state index in [-0.39, 0.29) is 29.0 Å². The van der Waals surface area contributed by atoms with Gasteiger partial charge in [0.25, 0.3) is 0 Å². The SMILES string of the molecule is CC(C)(C)CC(C)(C)c1ccc(OCC(=O)N=Nc2c(O)n(Cc3ccc(Cl)cc3)c3ccc(Br)cc23)cc1. The fourth-order valence-electron chi connectivity index (χ4n) is 5.04. The fourth-order valence-corrected chi connectivity index (χ4v) is 5.52. The summed E-state index contributed by atoms with van der Waals surface area (Å²) >= 11 is 9.49. The zero-order valence-electron chi connectivity index (χ0n) is 22.8. The Morgan fingerprint density at radius 2 is 1.67 bits per heavy atom. The molecule has 0 unspecified atom stereocenters. The lowest BCUT2D eigenvalue weighted by molar-refractivity contribution is -0.120. The van der Waals surface area contributed by atoms with Crippen molar-refractivity contribution >= 4 is 50.0 Å². The van der Waals surface area contributed by atoms with Crippen LogP contribution in [0.5, 0.6) is 11.6 Å². The molecule has 1 heterocycles. The van der Waals surface area contributed by atoms with Gasteiger partial charge in [0.15, 0.2) is 12.3 Å². The number of halogens is 2. The number of azo groups is 1. The number of aromatic hydroxyl groups is 1. The molecule has 1 amide bonds. The van der Waals surface area contributed by atoms with Crippen LogP contribution in [-0.2, 0) is 16.8 Å². The molecule has 1 aromatic heterocycles. The summed E-state index contributed by atoms with van der Waals surface area (Å²) in [6, 6.07) is 20.8. The lowest BCUT2D eigenvalue weighted by Gasteiger charge is -2.33. The number of rotatable bonds is 8. The summed E-state index contributed by atoms with van der Waals surface area (Å²) in [5.41, 5.74) is 3.38. The summed E-state index contributed by atoms with van der Waals surface area (Å²) in [4.78, 5) is 12.5. The number of amides is 1. The number of hydrogen-bond acceptors (Lipinski definition) is 4. The quantitative estimate of drug-likeness (QED) is 0.202. The van der Waals surface area contributed by atoms with Gasteiger partial charge in [0.1, 0.15) is 5.75 Å². The van der Waals surface area contributed by atoms with E-state index in [9.17, 15) is 9.90 Å². The molecule has 0 bridgehead atoms. The van der Waals surface area contributed by atoms with Crippen LogP contribution in [-0.4, -0.2) is 22.2 Å². The summed E-state index contributed by atoms with van der Waals surface area (Å²) in [6.45, 7) is 11.3. The number of carbonyl (C=O) groups is 1. The van der Waals surface area contributed by atoms with Gasteiger partial charge in [-0.1, -0.05) is 86.4 Å². The fraction of sp³-hybridized carbons (Fsp3) is 0.323. The molecule has 204 valence electrons. The van der Waals surface area contributed by atoms with Gasteiger partial charge in [-0.3, -0.25) is 4.79 Å². The third-order valence-electron chi connectivity index (χ3n) is 6.46. The molecule has 0 aliphatic carbocycles. The number of hydrogen-bond donors (Lipinski definition) is 1. The van der Waals surface area contributed by atoms with Crippen LogP contribution in [0.15, 0.2) is 81.4 Å². The van der Waals surface area contributed by atoms with E-state index in [0.29, 0.717) is 22.7 Å². The van der Waals surface area contributed by atoms with E-state index in [0.717, 1.165) is 22.0 Å². The third-order valence-corrected chi connectivity index (χ3v) is 7.20. The highest BCUT2D eigenvalue weighted by atomic mass is 79.9. The molecule has 39 heavy (non-hydrogen) atoms. The summed E-state index contributed by atoms with van der Waals surface area (Å²) < 4.78 is 8.21. The Morgan fingerprint density at radius 3 is 2.31 bits per heavy atom. The van der Waals surface area contributed by atoms with Crippen LogP contribution in [0.4, 0.5) is 5.69 Å². The summed E-state index contributed by atoms with van der Waals surface area (Å²) in [5, 5.41) is 20.3. The maximum absolute atomic E-state index is 12.5. The summed E-state index contributed by atoms with van der Waals surface area (Å²) in [7, 11) is 0. The first-order valence-electron chi connectivity index (χ1n) is 12.8. The minimum atomic E-state index is -0.555. The standard InChI is InChI=1S/C31H33BrClN3O3/c1-30(2,3)19-31(4,5)21-8-13-24(14-9-21)39-18-27(37)34-35-28-25-16-22(32)10-15-26(25)36(29(28)38)17-20-6-11-23(33)12-7-20/h6-16,38H,17-19H2,1-5H3. The van der Waals surface area contributed by atoms with Crippen molar-refractivity contribution in [1.82, 2.24) is 4.57 Å². The van der Waals surface area contributed by atoms with Crippen LogP contribution in [0.25, 0.3) is 10.9 Å². The van der Waals surface area contributed by atoms with E-state index < -0.39 is 5.91 Å². The molecule has 4 aromatic rings. The van der Waals surface area contributed by atoms with E-state index in [4.69, 9.17) is 16.3 Å². The highest BCUT2D eigenvalue weighted by Gasteiger charge is 2.27. The zero-order valence-corrected chi connectivity index (χ0v) is 25.2. The van der Waals surface area contributed by atoms with Crippen molar-refractivity contribution in [3.63, 3.8) is 0 Å². The largest absolute Gasteiger partial charge is 0.493 e. The lowest BCUT2D eigenvalue weighted by atomic mass is 9.72. The Morgan fingerprint density at radius 1 is 1.00 bits per heavy atom. The molecule has 0 atom stereocenters. The first-order valence-corrected chi connectivity index (χ1v) is 13.9. The van der Waals surface area contributed by atoms with E-state index in [1.54, 1.807) is 16.7 Å². The first kappa shape index (κ1) is 28.8. The molecule has 0 radical (unpaired) electrons. The normalized spacial score (nSPS) is 12.4. The van der Waals surface area contributed by atoms with Crippen molar-refractivity contribution < 1.29 is 14.6 Å². The van der Waals surface area contributed by atoms with Crippen LogP contribution in [0, 0.1) is 5.41 Å². The molecule has 0 saturated carbocycles. The second-order valence-corrected chi connectivity index (χ2v) is 12.9. The minimum Gasteiger partial charge on any atom is -0.493 e. The van der Waals surface area contributed by atoms with Gasteiger partial charge in [-0.25, -0.2) is 0 Å². The highest BCUT2D eigenvalue weighted by Crippen LogP contribution is 2.41. The first-order chi connectivity index (χ1) is 18.3. The Bertz CT molecular complexity index is 1500. The second-order valence-electron chi connectivity index (χ2n) is 11.6. The average Bonchev–Trinajstić information content (AvgIpc) is 3.11. The Labute approximate surface area is 242 Å². The second kappa shape index (κ2) is 11.5. The van der Waals surface area contributed by atoms with Crippen LogP contribution in [0.3, 0.4) is 0 Å². The van der Waals surface area contributed by atoms with Crippen LogP contribution >= 0.6 is 27.5 Å². The van der Waals surface area contributed by atoms with Crippen molar-refractivity contribution in [2.24, 2.45) is 15.6 Å². The van der Waals surface area contributed by atoms with Gasteiger partial charge in [0, 0.05) is 14.9 Å². The topological polar surface area (TPSA) is 76.2 Å². The van der Waals surface area contributed by atoms with Gasteiger partial charge in [0.05, 0.1) is 12.1 Å². The Hall–Kier alpha value is -3.16. The predicted molar refractivity (Wildman–Crippen MR) is 160 cm³/mol. The van der Waals surface area contributed by atoms with E-state index in [1.165, 1.54) is 5.56 Å². The van der Waals surface area contributed by atoms with Crippen LogP contribution in [0.2, 0.25) is 5.02 Å². The monoisotopic (exact) mass is 609 g/mol. The maximum Gasteiger partial charge on any atom is 0.302 e. The van der Waals surface area contributed by atoms with Crippen molar-refractivity contribution in [2.75, 3.05) is 6.61 Å². The maximum atomic E-state index is 12.5. The van der Waals surface area contributed by atoms with E-state index in [1.807, 2.05) is 54.6 Å². The number of aromatic nitrogens is 1. The van der Waals surface area contributed by atoms with Crippen molar-refractivity contribution in [3.8, 4) is 11.6 Å². The van der Waals surface area contributed by atoms with Gasteiger partial charge in [-0.15, -0.1) is 10.2 Å². The lowest BCUT2D eigenvalue weighted by Crippen LogP contribution is -2.24. The molecule has 3 aromatic carbocycles. The number of carbonyl (C=O) groups excluding carboxylic acids is 1. The van der Waals surface area contributed by atoms with E-state index in [2.05, 4.69) is 60.8 Å². The predicted octanol–water partition coefficient (Wildman–Crippen LogP) is 9.21. The Kier molecular flexibility index (Phi) is 8.52. The van der Waals surface area contributed by atoms with E-state index >= 15 is 0 Å². The molecule has 6 nitrogen and oxygen atoms in total. The molecule has 4 rings (SSSR count). The van der Waals surface area contributed by atoms with Crippen molar-refractivity contribution in [3.05, 3.63) is 87.4 Å². The minimum absolute atomic E-state index is 0.0184. The average molecular weight is 611 g/mol. The van der Waals surface area contributed by atoms with Gasteiger partial charge in [-0.2, -0.15) is 0 Å². The number of fused-ring (bicyclic) bond motifs is 1.